The molecule has 0 spiro atoms. The van der Waals surface area contributed by atoms with Crippen LogP contribution in [-0.2, 0) is 14.2 Å². The molecule has 0 aromatic rings. The lowest BCUT2D eigenvalue weighted by molar-refractivity contribution is -0.0136. The van der Waals surface area contributed by atoms with Crippen molar-refractivity contribution in [1.82, 2.24) is 10.4 Å². The number of nitriles is 1. The monoisotopic (exact) mass is 387 g/mol. The predicted octanol–water partition coefficient (Wildman–Crippen LogP) is 3.70. The van der Waals surface area contributed by atoms with Crippen molar-refractivity contribution in [2.75, 3.05) is 6.61 Å². The van der Waals surface area contributed by atoms with Crippen LogP contribution < -0.4 is 5.43 Å². The van der Waals surface area contributed by atoms with Crippen molar-refractivity contribution in [1.29, 1.82) is 5.26 Å². The van der Waals surface area contributed by atoms with E-state index in [9.17, 15) is 14.9 Å². The van der Waals surface area contributed by atoms with Gasteiger partial charge in [0.1, 0.15) is 17.3 Å². The number of carbonyl (C=O) groups is 2. The van der Waals surface area contributed by atoms with Gasteiger partial charge >= 0.3 is 12.2 Å². The van der Waals surface area contributed by atoms with Gasteiger partial charge in [-0.1, -0.05) is 6.92 Å². The summed E-state index contributed by atoms with van der Waals surface area (Å²) in [7, 11) is 0. The molecule has 26 heavy (non-hydrogen) atoms. The summed E-state index contributed by atoms with van der Waals surface area (Å²) < 4.78 is 15.8. The molecule has 0 rings (SSSR count). The number of carbonyl (C=O) groups excluding carboxylic acids is 2. The fraction of sp³-hybridized carbons (Fsp3) is 0.765. The number of thiocarbonyl (C=S) groups is 1. The van der Waals surface area contributed by atoms with Crippen LogP contribution in [0.4, 0.5) is 9.59 Å². The van der Waals surface area contributed by atoms with Gasteiger partial charge in [-0.3, -0.25) is 0 Å². The lowest BCUT2D eigenvalue weighted by Crippen LogP contribution is -2.64. The molecule has 2 amide bonds. The van der Waals surface area contributed by atoms with E-state index >= 15 is 0 Å². The minimum absolute atomic E-state index is 0.0668. The Balaban J connectivity index is 5.95. The minimum Gasteiger partial charge on any atom is -0.484 e. The molecule has 0 aromatic heterocycles. The molecule has 0 aromatic carbocycles. The smallest absolute Gasteiger partial charge is 0.431 e. The molecule has 0 fully saturated rings. The van der Waals surface area contributed by atoms with Crippen molar-refractivity contribution >= 4 is 29.5 Å². The van der Waals surface area contributed by atoms with Gasteiger partial charge in [0, 0.05) is 0 Å². The van der Waals surface area contributed by atoms with E-state index in [4.69, 9.17) is 26.4 Å². The highest BCUT2D eigenvalue weighted by Gasteiger charge is 2.48. The van der Waals surface area contributed by atoms with E-state index < -0.39 is 28.9 Å². The second-order valence-corrected chi connectivity index (χ2v) is 7.85. The largest absolute Gasteiger partial charge is 0.484 e. The summed E-state index contributed by atoms with van der Waals surface area (Å²) in [5, 5.41) is 10.4. The first-order valence-corrected chi connectivity index (χ1v) is 8.74. The first-order chi connectivity index (χ1) is 11.7. The summed E-state index contributed by atoms with van der Waals surface area (Å²) in [5.41, 5.74) is -1.10. The van der Waals surface area contributed by atoms with E-state index in [1.165, 1.54) is 0 Å². The van der Waals surface area contributed by atoms with Crippen molar-refractivity contribution in [2.24, 2.45) is 0 Å². The number of nitrogens with one attached hydrogen (secondary N) is 1. The normalized spacial score (nSPS) is 13.7. The Labute approximate surface area is 160 Å². The maximum atomic E-state index is 12.7. The highest BCUT2D eigenvalue weighted by molar-refractivity contribution is 7.80. The second kappa shape index (κ2) is 9.03. The van der Waals surface area contributed by atoms with Gasteiger partial charge in [0.2, 0.25) is 10.6 Å². The van der Waals surface area contributed by atoms with Crippen LogP contribution in [0.3, 0.4) is 0 Å². The van der Waals surface area contributed by atoms with E-state index in [2.05, 4.69) is 5.43 Å². The molecule has 0 unspecified atom stereocenters. The number of amides is 2. The zero-order valence-corrected chi connectivity index (χ0v) is 17.6. The third-order valence-corrected chi connectivity index (χ3v) is 3.33. The van der Waals surface area contributed by atoms with E-state index in [-0.39, 0.29) is 18.1 Å². The Morgan fingerprint density at radius 1 is 1.08 bits per heavy atom. The average molecular weight is 388 g/mol. The highest BCUT2D eigenvalue weighted by atomic mass is 32.1. The van der Waals surface area contributed by atoms with Crippen LogP contribution in [0.25, 0.3) is 0 Å². The van der Waals surface area contributed by atoms with Crippen molar-refractivity contribution in [2.45, 2.75) is 78.6 Å². The molecule has 0 radical (unpaired) electrons. The van der Waals surface area contributed by atoms with Crippen molar-refractivity contribution in [3.8, 4) is 6.07 Å². The zero-order valence-electron chi connectivity index (χ0n) is 16.8. The molecular weight excluding hydrogens is 358 g/mol. The molecule has 0 aliphatic rings. The summed E-state index contributed by atoms with van der Waals surface area (Å²) >= 11 is 5.20. The Hall–Kier alpha value is -2.08. The topological polar surface area (TPSA) is 101 Å². The highest BCUT2D eigenvalue weighted by Crippen LogP contribution is 2.24. The Bertz CT molecular complexity index is 574. The van der Waals surface area contributed by atoms with E-state index in [0.717, 1.165) is 5.01 Å². The van der Waals surface area contributed by atoms with Gasteiger partial charge in [-0.05, 0) is 67.1 Å². The Kier molecular flexibility index (Phi) is 8.31. The number of hydrogen-bond donors (Lipinski definition) is 1. The first-order valence-electron chi connectivity index (χ1n) is 8.33. The van der Waals surface area contributed by atoms with Gasteiger partial charge in [-0.25, -0.2) is 15.0 Å². The molecule has 8 nitrogen and oxygen atoms in total. The maximum Gasteiger partial charge on any atom is 0.431 e. The fourth-order valence-electron chi connectivity index (χ4n) is 1.82. The SMILES string of the molecule is CCOC(=S)[C@](C#N)(CC)N(NC(=O)OC(C)(C)C)C(=O)OC(C)(C)C. The van der Waals surface area contributed by atoms with Crippen LogP contribution in [0.2, 0.25) is 0 Å². The molecule has 0 bridgehead atoms. The molecule has 0 aliphatic heterocycles. The zero-order chi connectivity index (χ0) is 20.8. The van der Waals surface area contributed by atoms with Gasteiger partial charge in [-0.15, -0.1) is 0 Å². The molecule has 148 valence electrons. The Morgan fingerprint density at radius 2 is 1.58 bits per heavy atom. The van der Waals surface area contributed by atoms with Crippen LogP contribution >= 0.6 is 12.2 Å². The van der Waals surface area contributed by atoms with Crippen molar-refractivity contribution < 1.29 is 23.8 Å². The third kappa shape index (κ3) is 7.04. The lowest BCUT2D eigenvalue weighted by Gasteiger charge is -2.38. The molecule has 0 heterocycles. The van der Waals surface area contributed by atoms with Crippen LogP contribution in [0.15, 0.2) is 0 Å². The number of hydrazine groups is 1. The lowest BCUT2D eigenvalue weighted by atomic mass is 9.98. The second-order valence-electron chi connectivity index (χ2n) is 7.48. The minimum atomic E-state index is -1.73. The molecule has 0 saturated heterocycles. The predicted molar refractivity (Wildman–Crippen MR) is 100 cm³/mol. The molecule has 0 saturated carbocycles. The molecule has 9 heteroatoms. The summed E-state index contributed by atoms with van der Waals surface area (Å²) in [4.78, 5) is 24.9. The molecular formula is C17H29N3O5S. The fourth-order valence-corrected chi connectivity index (χ4v) is 2.21. The average Bonchev–Trinajstić information content (AvgIpc) is 2.44. The standard InChI is InChI=1S/C17H29N3O5S/c1-9-17(11-18,12(26)23-10-2)20(14(22)25-16(6,7)8)19-13(21)24-15(3,4)5/h9-10H2,1-8H3,(H,19,21)/t17-/m1/s1. The molecule has 0 aliphatic carbocycles. The Morgan fingerprint density at radius 3 is 1.92 bits per heavy atom. The first kappa shape index (κ1) is 23.9. The van der Waals surface area contributed by atoms with Crippen LogP contribution in [0.1, 0.15) is 61.8 Å². The quantitative estimate of drug-likeness (QED) is 0.580. The van der Waals surface area contributed by atoms with Crippen molar-refractivity contribution in [3.63, 3.8) is 0 Å². The van der Waals surface area contributed by atoms with Crippen LogP contribution in [0, 0.1) is 11.3 Å². The molecule has 1 N–H and O–H groups in total. The number of nitrogens with zero attached hydrogens (tertiary/aromatic N) is 2. The van der Waals surface area contributed by atoms with Gasteiger partial charge in [0.05, 0.1) is 6.61 Å². The van der Waals surface area contributed by atoms with Gasteiger partial charge in [-0.2, -0.15) is 10.3 Å². The van der Waals surface area contributed by atoms with E-state index in [1.54, 1.807) is 55.4 Å². The number of ether oxygens (including phenoxy) is 3. The summed E-state index contributed by atoms with van der Waals surface area (Å²) in [5.74, 6) is 0. The summed E-state index contributed by atoms with van der Waals surface area (Å²) in [6, 6.07) is 1.97. The van der Waals surface area contributed by atoms with Crippen LogP contribution in [0.5, 0.6) is 0 Å². The maximum absolute atomic E-state index is 12.7. The summed E-state index contributed by atoms with van der Waals surface area (Å²) in [6.45, 7) is 13.6. The number of rotatable bonds is 4. The van der Waals surface area contributed by atoms with Gasteiger partial charge in [0.25, 0.3) is 0 Å². The van der Waals surface area contributed by atoms with E-state index in [1.807, 2.05) is 6.07 Å². The van der Waals surface area contributed by atoms with Gasteiger partial charge < -0.3 is 14.2 Å². The van der Waals surface area contributed by atoms with E-state index in [0.29, 0.717) is 0 Å². The van der Waals surface area contributed by atoms with Crippen LogP contribution in [-0.4, -0.2) is 45.6 Å². The van der Waals surface area contributed by atoms with Gasteiger partial charge in [0.15, 0.2) is 0 Å². The number of hydrogen-bond acceptors (Lipinski definition) is 7. The molecule has 1 atom stereocenters. The summed E-state index contributed by atoms with van der Waals surface area (Å²) in [6.07, 6.45) is -1.80. The van der Waals surface area contributed by atoms with Crippen molar-refractivity contribution in [3.05, 3.63) is 0 Å². The third-order valence-electron chi connectivity index (χ3n) is 2.87.